The Balaban J connectivity index is 1.44. The molecular formula is C21H26ClN7O2. The van der Waals surface area contributed by atoms with Crippen LogP contribution >= 0.6 is 11.6 Å². The number of halogens is 1. The first-order chi connectivity index (χ1) is 14.8. The van der Waals surface area contributed by atoms with Crippen molar-refractivity contribution in [1.29, 1.82) is 0 Å². The lowest BCUT2D eigenvalue weighted by Crippen LogP contribution is -2.51. The molecule has 0 saturated carbocycles. The Morgan fingerprint density at radius 3 is 2.65 bits per heavy atom. The Kier molecular flexibility index (Phi) is 4.80. The molecule has 0 aliphatic carbocycles. The van der Waals surface area contributed by atoms with Crippen LogP contribution in [0, 0.1) is 5.41 Å². The maximum Gasteiger partial charge on any atom is 0.264 e. The number of piperidine rings is 1. The molecule has 2 aromatic rings. The van der Waals surface area contributed by atoms with Gasteiger partial charge < -0.3 is 21.1 Å². The molecule has 5 heterocycles. The summed E-state index contributed by atoms with van der Waals surface area (Å²) < 4.78 is 7.42. The first-order valence-corrected chi connectivity index (χ1v) is 10.9. The number of nitrogens with two attached hydrogens (primary N) is 2. The van der Waals surface area contributed by atoms with Gasteiger partial charge in [-0.2, -0.15) is 0 Å². The van der Waals surface area contributed by atoms with Crippen molar-refractivity contribution >= 4 is 29.1 Å². The van der Waals surface area contributed by atoms with Gasteiger partial charge in [0.1, 0.15) is 11.0 Å². The maximum atomic E-state index is 13.3. The SMILES string of the molecule is C[C@@H]1OCC2(CCN(c3nc4c(c(=O)n3C)C(c3ccc(N)nc3Cl)=NC4)CC2)[C@@H]1N. The van der Waals surface area contributed by atoms with Crippen molar-refractivity contribution in [3.63, 3.8) is 0 Å². The number of pyridine rings is 1. The number of ether oxygens (including phenoxy) is 1. The highest BCUT2D eigenvalue weighted by atomic mass is 35.5. The van der Waals surface area contributed by atoms with Crippen molar-refractivity contribution in [2.24, 2.45) is 23.2 Å². The van der Waals surface area contributed by atoms with E-state index in [9.17, 15) is 4.79 Å². The Hall–Kier alpha value is -2.49. The Morgan fingerprint density at radius 2 is 2.00 bits per heavy atom. The molecule has 3 aliphatic heterocycles. The molecule has 0 aromatic carbocycles. The van der Waals surface area contributed by atoms with E-state index in [1.807, 2.05) is 6.92 Å². The van der Waals surface area contributed by atoms with Gasteiger partial charge in [0, 0.05) is 37.2 Å². The summed E-state index contributed by atoms with van der Waals surface area (Å²) in [5, 5.41) is 0.225. The van der Waals surface area contributed by atoms with E-state index in [4.69, 9.17) is 32.8 Å². The second kappa shape index (κ2) is 7.29. The largest absolute Gasteiger partial charge is 0.384 e. The van der Waals surface area contributed by atoms with Crippen molar-refractivity contribution in [3.05, 3.63) is 44.5 Å². The minimum absolute atomic E-state index is 0.0146. The quantitative estimate of drug-likeness (QED) is 0.665. The Morgan fingerprint density at radius 1 is 1.26 bits per heavy atom. The molecule has 9 nitrogen and oxygen atoms in total. The molecule has 0 radical (unpaired) electrons. The first kappa shape index (κ1) is 20.4. The summed E-state index contributed by atoms with van der Waals surface area (Å²) in [6.45, 7) is 4.64. The number of hydrogen-bond acceptors (Lipinski definition) is 8. The number of fused-ring (bicyclic) bond motifs is 1. The summed E-state index contributed by atoms with van der Waals surface area (Å²) >= 11 is 6.27. The van der Waals surface area contributed by atoms with Crippen LogP contribution in [0.4, 0.5) is 11.8 Å². The van der Waals surface area contributed by atoms with E-state index in [2.05, 4.69) is 14.9 Å². The zero-order valence-corrected chi connectivity index (χ0v) is 18.4. The fraction of sp³-hybridized carbons (Fsp3) is 0.524. The van der Waals surface area contributed by atoms with Gasteiger partial charge in [-0.3, -0.25) is 14.4 Å². The molecule has 31 heavy (non-hydrogen) atoms. The summed E-state index contributed by atoms with van der Waals surface area (Å²) in [4.78, 5) is 29.0. The zero-order chi connectivity index (χ0) is 21.9. The molecule has 2 atom stereocenters. The molecule has 164 valence electrons. The lowest BCUT2D eigenvalue weighted by atomic mass is 9.73. The second-order valence-corrected chi connectivity index (χ2v) is 9.09. The average Bonchev–Trinajstić information content (AvgIpc) is 3.29. The van der Waals surface area contributed by atoms with Crippen LogP contribution < -0.4 is 21.9 Å². The monoisotopic (exact) mass is 443 g/mol. The molecule has 10 heteroatoms. The van der Waals surface area contributed by atoms with Gasteiger partial charge in [0.15, 0.2) is 0 Å². The van der Waals surface area contributed by atoms with Crippen LogP contribution in [0.2, 0.25) is 5.15 Å². The van der Waals surface area contributed by atoms with Gasteiger partial charge in [0.05, 0.1) is 36.2 Å². The molecule has 0 amide bonds. The molecule has 4 N–H and O–H groups in total. The molecule has 0 unspecified atom stereocenters. The van der Waals surface area contributed by atoms with Crippen molar-refractivity contribution in [3.8, 4) is 0 Å². The van der Waals surface area contributed by atoms with E-state index in [0.717, 1.165) is 25.9 Å². The lowest BCUT2D eigenvalue weighted by molar-refractivity contribution is 0.0973. The molecule has 2 saturated heterocycles. The normalized spacial score (nSPS) is 24.5. The average molecular weight is 444 g/mol. The first-order valence-electron chi connectivity index (χ1n) is 10.5. The van der Waals surface area contributed by atoms with E-state index < -0.39 is 0 Å². The van der Waals surface area contributed by atoms with Gasteiger partial charge in [-0.05, 0) is 31.9 Å². The van der Waals surface area contributed by atoms with Crippen LogP contribution in [0.1, 0.15) is 36.6 Å². The molecule has 0 bridgehead atoms. The van der Waals surface area contributed by atoms with E-state index in [1.54, 1.807) is 23.7 Å². The van der Waals surface area contributed by atoms with Gasteiger partial charge in [0.25, 0.3) is 5.56 Å². The maximum absolute atomic E-state index is 13.3. The second-order valence-electron chi connectivity index (χ2n) is 8.73. The summed E-state index contributed by atoms with van der Waals surface area (Å²) in [5.41, 5.74) is 14.3. The third-order valence-electron chi connectivity index (χ3n) is 6.98. The third kappa shape index (κ3) is 3.14. The van der Waals surface area contributed by atoms with Gasteiger partial charge in [-0.15, -0.1) is 0 Å². The van der Waals surface area contributed by atoms with Crippen molar-refractivity contribution in [2.75, 3.05) is 30.3 Å². The highest BCUT2D eigenvalue weighted by Gasteiger charge is 2.48. The van der Waals surface area contributed by atoms with E-state index in [1.165, 1.54) is 0 Å². The summed E-state index contributed by atoms with van der Waals surface area (Å²) in [7, 11) is 1.75. The van der Waals surface area contributed by atoms with Crippen LogP contribution in [0.5, 0.6) is 0 Å². The lowest BCUT2D eigenvalue weighted by Gasteiger charge is -2.41. The molecule has 3 aliphatic rings. The predicted octanol–water partition coefficient (Wildman–Crippen LogP) is 1.09. The minimum Gasteiger partial charge on any atom is -0.384 e. The van der Waals surface area contributed by atoms with Gasteiger partial charge in [0.2, 0.25) is 5.95 Å². The fourth-order valence-electron chi connectivity index (χ4n) is 4.97. The Labute approximate surface area is 185 Å². The van der Waals surface area contributed by atoms with Crippen molar-refractivity contribution in [2.45, 2.75) is 38.5 Å². The standard InChI is InChI=1S/C21H26ClN7O2/c1-11-17(24)21(10-31-11)5-7-29(8-6-21)20-26-13-9-25-16(15(13)19(30)28(20)2)12-3-4-14(23)27-18(12)22/h3-4,11,17H,5-10,24H2,1-2H3,(H2,23,27)/t11-,17+/m0/s1. The van der Waals surface area contributed by atoms with Crippen molar-refractivity contribution < 1.29 is 4.74 Å². The fourth-order valence-corrected chi connectivity index (χ4v) is 5.22. The number of nitrogen functional groups attached to an aromatic ring is 1. The van der Waals surface area contributed by atoms with Crippen LogP contribution in [0.15, 0.2) is 21.9 Å². The van der Waals surface area contributed by atoms with Crippen LogP contribution in [0.25, 0.3) is 0 Å². The topological polar surface area (TPSA) is 125 Å². The number of aliphatic imine (C=N–C) groups is 1. The predicted molar refractivity (Wildman–Crippen MR) is 120 cm³/mol. The number of anilines is 2. The van der Waals surface area contributed by atoms with Crippen LogP contribution in [-0.4, -0.2) is 52.1 Å². The molecule has 1 spiro atoms. The summed E-state index contributed by atoms with van der Waals surface area (Å²) in [6, 6.07) is 3.43. The van der Waals surface area contributed by atoms with Crippen LogP contribution in [0.3, 0.4) is 0 Å². The van der Waals surface area contributed by atoms with Gasteiger partial charge >= 0.3 is 0 Å². The van der Waals surface area contributed by atoms with E-state index in [-0.39, 0.29) is 28.3 Å². The zero-order valence-electron chi connectivity index (χ0n) is 17.6. The molecular weight excluding hydrogens is 418 g/mol. The number of aromatic nitrogens is 3. The highest BCUT2D eigenvalue weighted by molar-refractivity contribution is 6.34. The highest BCUT2D eigenvalue weighted by Crippen LogP contribution is 2.41. The summed E-state index contributed by atoms with van der Waals surface area (Å²) in [6.07, 6.45) is 1.92. The summed E-state index contributed by atoms with van der Waals surface area (Å²) in [5.74, 6) is 0.982. The van der Waals surface area contributed by atoms with E-state index in [0.29, 0.717) is 47.5 Å². The Bertz CT molecular complexity index is 1140. The smallest absolute Gasteiger partial charge is 0.264 e. The number of nitrogens with zero attached hydrogens (tertiary/aromatic N) is 5. The van der Waals surface area contributed by atoms with Crippen LogP contribution in [-0.2, 0) is 18.3 Å². The van der Waals surface area contributed by atoms with E-state index >= 15 is 0 Å². The van der Waals surface area contributed by atoms with Gasteiger partial charge in [-0.25, -0.2) is 9.97 Å². The van der Waals surface area contributed by atoms with Crippen molar-refractivity contribution in [1.82, 2.24) is 14.5 Å². The third-order valence-corrected chi connectivity index (χ3v) is 7.27. The molecule has 2 fully saturated rings. The minimum atomic E-state index is -0.140. The number of hydrogen-bond donors (Lipinski definition) is 2. The van der Waals surface area contributed by atoms with Gasteiger partial charge in [-0.1, -0.05) is 11.6 Å². The number of rotatable bonds is 2. The molecule has 5 rings (SSSR count). The molecule has 2 aromatic heterocycles.